The number of hydrogen-bond donors (Lipinski definition) is 1. The minimum absolute atomic E-state index is 0.132. The van der Waals surface area contributed by atoms with E-state index in [0.29, 0.717) is 12.0 Å². The zero-order chi connectivity index (χ0) is 12.1. The van der Waals surface area contributed by atoms with Crippen molar-refractivity contribution >= 4 is 5.78 Å². The molecule has 1 aliphatic rings. The van der Waals surface area contributed by atoms with Crippen LogP contribution in [-0.4, -0.2) is 23.3 Å². The van der Waals surface area contributed by atoms with Crippen LogP contribution in [0.15, 0.2) is 54.6 Å². The number of carbonyl (C=O) groups is 1. The summed E-state index contributed by atoms with van der Waals surface area (Å²) >= 11 is 0. The van der Waals surface area contributed by atoms with Crippen molar-refractivity contribution in [3.8, 4) is 0 Å². The van der Waals surface area contributed by atoms with E-state index in [2.05, 4.69) is 0 Å². The SMILES string of the molecule is O=C(c1ccccc1)C1(OCO)C=CC=CC1. The van der Waals surface area contributed by atoms with Crippen molar-refractivity contribution in [3.05, 3.63) is 60.2 Å². The van der Waals surface area contributed by atoms with Gasteiger partial charge in [0, 0.05) is 12.0 Å². The second-order valence-corrected chi connectivity index (χ2v) is 3.85. The van der Waals surface area contributed by atoms with Gasteiger partial charge >= 0.3 is 0 Å². The van der Waals surface area contributed by atoms with Crippen molar-refractivity contribution in [1.82, 2.24) is 0 Å². The van der Waals surface area contributed by atoms with E-state index in [1.54, 1.807) is 24.3 Å². The normalized spacial score (nSPS) is 22.6. The molecule has 3 nitrogen and oxygen atoms in total. The molecule has 1 N–H and O–H groups in total. The first-order valence-electron chi connectivity index (χ1n) is 5.47. The van der Waals surface area contributed by atoms with Gasteiger partial charge in [-0.1, -0.05) is 48.6 Å². The lowest BCUT2D eigenvalue weighted by Gasteiger charge is -2.29. The molecule has 0 saturated heterocycles. The zero-order valence-electron chi connectivity index (χ0n) is 9.37. The van der Waals surface area contributed by atoms with E-state index < -0.39 is 12.4 Å². The second kappa shape index (κ2) is 5.08. The van der Waals surface area contributed by atoms with Crippen LogP contribution in [0.3, 0.4) is 0 Å². The quantitative estimate of drug-likeness (QED) is 0.636. The maximum atomic E-state index is 12.4. The third-order valence-corrected chi connectivity index (χ3v) is 2.78. The highest BCUT2D eigenvalue weighted by Crippen LogP contribution is 2.26. The molecule has 0 bridgehead atoms. The second-order valence-electron chi connectivity index (χ2n) is 3.85. The molecule has 0 amide bonds. The Kier molecular flexibility index (Phi) is 3.52. The predicted octanol–water partition coefficient (Wildman–Crippen LogP) is 2.09. The van der Waals surface area contributed by atoms with Crippen molar-refractivity contribution in [1.29, 1.82) is 0 Å². The van der Waals surface area contributed by atoms with Crippen LogP contribution in [0, 0.1) is 0 Å². The maximum Gasteiger partial charge on any atom is 0.199 e. The number of hydrogen-bond acceptors (Lipinski definition) is 3. The first-order chi connectivity index (χ1) is 8.28. The Hall–Kier alpha value is -1.71. The summed E-state index contributed by atoms with van der Waals surface area (Å²) in [6.07, 6.45) is 7.62. The van der Waals surface area contributed by atoms with Crippen LogP contribution in [0.5, 0.6) is 0 Å². The monoisotopic (exact) mass is 230 g/mol. The summed E-state index contributed by atoms with van der Waals surface area (Å²) in [5.41, 5.74) is -0.480. The molecule has 1 atom stereocenters. The van der Waals surface area contributed by atoms with Gasteiger partial charge in [0.05, 0.1) is 0 Å². The number of aliphatic hydroxyl groups is 1. The van der Waals surface area contributed by atoms with E-state index >= 15 is 0 Å². The Morgan fingerprint density at radius 1 is 1.29 bits per heavy atom. The molecular weight excluding hydrogens is 216 g/mol. The summed E-state index contributed by atoms with van der Waals surface area (Å²) in [5, 5.41) is 8.95. The van der Waals surface area contributed by atoms with E-state index in [1.807, 2.05) is 30.4 Å². The van der Waals surface area contributed by atoms with E-state index in [-0.39, 0.29) is 5.78 Å². The van der Waals surface area contributed by atoms with E-state index in [9.17, 15) is 4.79 Å². The fourth-order valence-corrected chi connectivity index (χ4v) is 1.89. The molecule has 0 aliphatic heterocycles. The van der Waals surface area contributed by atoms with Gasteiger partial charge in [0.1, 0.15) is 6.79 Å². The molecule has 17 heavy (non-hydrogen) atoms. The van der Waals surface area contributed by atoms with Crippen LogP contribution in [0.1, 0.15) is 16.8 Å². The number of rotatable bonds is 4. The minimum atomic E-state index is -1.06. The Labute approximate surface area is 100 Å². The number of Topliss-reactive ketones (excluding diaryl/α,β-unsaturated/α-hetero) is 1. The number of allylic oxidation sites excluding steroid dienone is 2. The molecule has 0 aromatic heterocycles. The summed E-state index contributed by atoms with van der Waals surface area (Å²) in [6, 6.07) is 8.96. The van der Waals surface area contributed by atoms with Crippen LogP contribution < -0.4 is 0 Å². The van der Waals surface area contributed by atoms with E-state index in [4.69, 9.17) is 9.84 Å². The largest absolute Gasteiger partial charge is 0.371 e. The molecule has 3 heteroatoms. The lowest BCUT2D eigenvalue weighted by molar-refractivity contribution is -0.0719. The first kappa shape index (κ1) is 11.8. The Bertz CT molecular complexity index is 448. The fraction of sp³-hybridized carbons (Fsp3) is 0.214. The number of aliphatic hydroxyl groups excluding tert-OH is 1. The highest BCUT2D eigenvalue weighted by atomic mass is 16.6. The van der Waals surface area contributed by atoms with Crippen molar-refractivity contribution in [2.75, 3.05) is 6.79 Å². The van der Waals surface area contributed by atoms with Gasteiger partial charge in [-0.05, 0) is 6.08 Å². The summed E-state index contributed by atoms with van der Waals surface area (Å²) in [7, 11) is 0. The Morgan fingerprint density at radius 3 is 2.65 bits per heavy atom. The topological polar surface area (TPSA) is 46.5 Å². The molecule has 1 aliphatic carbocycles. The molecular formula is C14H14O3. The molecule has 0 fully saturated rings. The summed E-state index contributed by atoms with van der Waals surface area (Å²) in [4.78, 5) is 12.4. The molecule has 1 aromatic rings. The molecule has 1 unspecified atom stereocenters. The first-order valence-corrected chi connectivity index (χ1v) is 5.47. The minimum Gasteiger partial charge on any atom is -0.371 e. The van der Waals surface area contributed by atoms with Gasteiger partial charge in [0.15, 0.2) is 11.4 Å². The highest BCUT2D eigenvalue weighted by Gasteiger charge is 2.37. The standard InChI is InChI=1S/C14H14O3/c15-11-17-14(9-5-2-6-10-14)13(16)12-7-3-1-4-8-12/h1-9,15H,10-11H2. The summed E-state index contributed by atoms with van der Waals surface area (Å²) in [6.45, 7) is -0.475. The third-order valence-electron chi connectivity index (χ3n) is 2.78. The molecule has 0 saturated carbocycles. The lowest BCUT2D eigenvalue weighted by atomic mass is 9.87. The maximum absolute atomic E-state index is 12.4. The van der Waals surface area contributed by atoms with E-state index in [1.165, 1.54) is 0 Å². The van der Waals surface area contributed by atoms with E-state index in [0.717, 1.165) is 0 Å². The van der Waals surface area contributed by atoms with Crippen LogP contribution in [0.25, 0.3) is 0 Å². The smallest absolute Gasteiger partial charge is 0.199 e. The molecule has 0 spiro atoms. The lowest BCUT2D eigenvalue weighted by Crippen LogP contribution is -2.40. The average molecular weight is 230 g/mol. The molecule has 2 rings (SSSR count). The van der Waals surface area contributed by atoms with Crippen molar-refractivity contribution in [3.63, 3.8) is 0 Å². The van der Waals surface area contributed by atoms with Gasteiger partial charge < -0.3 is 9.84 Å². The third kappa shape index (κ3) is 2.35. The number of benzene rings is 1. The van der Waals surface area contributed by atoms with Gasteiger partial charge in [-0.2, -0.15) is 0 Å². The van der Waals surface area contributed by atoms with Crippen LogP contribution in [0.4, 0.5) is 0 Å². The van der Waals surface area contributed by atoms with Gasteiger partial charge in [-0.3, -0.25) is 4.79 Å². The van der Waals surface area contributed by atoms with Crippen LogP contribution >= 0.6 is 0 Å². The number of ketones is 1. The number of carbonyl (C=O) groups excluding carboxylic acids is 1. The average Bonchev–Trinajstić information content (AvgIpc) is 2.40. The van der Waals surface area contributed by atoms with Gasteiger partial charge in [-0.15, -0.1) is 0 Å². The van der Waals surface area contributed by atoms with Crippen molar-refractivity contribution in [2.24, 2.45) is 0 Å². The van der Waals surface area contributed by atoms with Gasteiger partial charge in [0.25, 0.3) is 0 Å². The molecule has 0 radical (unpaired) electrons. The van der Waals surface area contributed by atoms with Crippen LogP contribution in [0.2, 0.25) is 0 Å². The molecule has 0 heterocycles. The summed E-state index contributed by atoms with van der Waals surface area (Å²) in [5.74, 6) is -0.132. The molecule has 1 aromatic carbocycles. The van der Waals surface area contributed by atoms with Crippen molar-refractivity contribution in [2.45, 2.75) is 12.0 Å². The number of ether oxygens (including phenoxy) is 1. The molecule has 88 valence electrons. The Balaban J connectivity index is 2.32. The van der Waals surface area contributed by atoms with Crippen molar-refractivity contribution < 1.29 is 14.6 Å². The van der Waals surface area contributed by atoms with Gasteiger partial charge in [-0.25, -0.2) is 0 Å². The van der Waals surface area contributed by atoms with Gasteiger partial charge in [0.2, 0.25) is 0 Å². The van der Waals surface area contributed by atoms with Crippen LogP contribution in [-0.2, 0) is 4.74 Å². The summed E-state index contributed by atoms with van der Waals surface area (Å²) < 4.78 is 5.25. The fourth-order valence-electron chi connectivity index (χ4n) is 1.89. The Morgan fingerprint density at radius 2 is 2.06 bits per heavy atom. The predicted molar refractivity (Wildman–Crippen MR) is 64.6 cm³/mol. The highest BCUT2D eigenvalue weighted by molar-refractivity contribution is 6.04. The zero-order valence-corrected chi connectivity index (χ0v) is 9.37.